The molecule has 1 aliphatic rings. The predicted molar refractivity (Wildman–Crippen MR) is 132 cm³/mol. The lowest BCUT2D eigenvalue weighted by Crippen LogP contribution is -2.41. The zero-order chi connectivity index (χ0) is 23.5. The normalized spacial score (nSPS) is 14.2. The molecule has 0 aliphatic carbocycles. The van der Waals surface area contributed by atoms with Gasteiger partial charge in [0.25, 0.3) is 0 Å². The Morgan fingerprint density at radius 2 is 1.85 bits per heavy atom. The molecule has 172 valence electrons. The largest absolute Gasteiger partial charge is 0.493 e. The molecular weight excluding hydrogens is 430 g/mol. The number of hydrogen-bond acceptors (Lipinski definition) is 7. The summed E-state index contributed by atoms with van der Waals surface area (Å²) in [6, 6.07) is 13.8. The summed E-state index contributed by atoms with van der Waals surface area (Å²) in [6.07, 6.45) is 6.08. The van der Waals surface area contributed by atoms with Gasteiger partial charge in [-0.3, -0.25) is 4.79 Å². The van der Waals surface area contributed by atoms with Gasteiger partial charge in [0.15, 0.2) is 11.5 Å². The molecule has 2 aromatic heterocycles. The monoisotopic (exact) mass is 455 g/mol. The Bertz CT molecular complexity index is 1360. The lowest BCUT2D eigenvalue weighted by Gasteiger charge is -2.31. The van der Waals surface area contributed by atoms with E-state index in [4.69, 9.17) is 9.47 Å². The van der Waals surface area contributed by atoms with Crippen LogP contribution in [0.2, 0.25) is 0 Å². The topological polar surface area (TPSA) is 89.5 Å². The fourth-order valence-corrected chi connectivity index (χ4v) is 4.25. The third-order valence-corrected chi connectivity index (χ3v) is 6.05. The number of piperidine rings is 1. The van der Waals surface area contributed by atoms with E-state index in [9.17, 15) is 4.79 Å². The van der Waals surface area contributed by atoms with Gasteiger partial charge >= 0.3 is 0 Å². The van der Waals surface area contributed by atoms with E-state index in [1.165, 1.54) is 12.4 Å². The van der Waals surface area contributed by atoms with Gasteiger partial charge in [-0.2, -0.15) is 0 Å². The molecule has 1 N–H and O–H groups in total. The van der Waals surface area contributed by atoms with E-state index in [1.54, 1.807) is 18.2 Å². The molecule has 1 amide bonds. The van der Waals surface area contributed by atoms with E-state index >= 15 is 0 Å². The highest BCUT2D eigenvalue weighted by molar-refractivity contribution is 5.97. The van der Waals surface area contributed by atoms with E-state index in [0.717, 1.165) is 40.3 Å². The van der Waals surface area contributed by atoms with Crippen molar-refractivity contribution in [2.45, 2.75) is 18.9 Å². The van der Waals surface area contributed by atoms with Crippen molar-refractivity contribution in [2.75, 3.05) is 25.5 Å². The number of carbonyl (C=O) groups is 1. The third-order valence-electron chi connectivity index (χ3n) is 6.05. The van der Waals surface area contributed by atoms with E-state index in [2.05, 4.69) is 26.8 Å². The van der Waals surface area contributed by atoms with Crippen molar-refractivity contribution in [2.24, 2.45) is 0 Å². The Morgan fingerprint density at radius 1 is 1.06 bits per heavy atom. The quantitative estimate of drug-likeness (QED) is 0.429. The van der Waals surface area contributed by atoms with Crippen LogP contribution < -0.4 is 14.8 Å². The minimum Gasteiger partial charge on any atom is -0.493 e. The summed E-state index contributed by atoms with van der Waals surface area (Å²) in [5, 5.41) is 6.26. The highest BCUT2D eigenvalue weighted by atomic mass is 16.5. The van der Waals surface area contributed by atoms with Crippen molar-refractivity contribution in [1.82, 2.24) is 19.9 Å². The molecule has 34 heavy (non-hydrogen) atoms. The number of benzene rings is 2. The van der Waals surface area contributed by atoms with Gasteiger partial charge in [0.05, 0.1) is 12.6 Å². The first-order valence-corrected chi connectivity index (χ1v) is 11.2. The van der Waals surface area contributed by atoms with Crippen molar-refractivity contribution >= 4 is 39.2 Å². The summed E-state index contributed by atoms with van der Waals surface area (Å²) < 4.78 is 11.9. The zero-order valence-corrected chi connectivity index (χ0v) is 18.9. The summed E-state index contributed by atoms with van der Waals surface area (Å²) >= 11 is 0. The summed E-state index contributed by atoms with van der Waals surface area (Å²) in [6.45, 7) is 4.83. The number of carbonyl (C=O) groups excluding carboxylic acids is 1. The molecule has 1 fully saturated rings. The maximum Gasteiger partial charge on any atom is 0.245 e. The van der Waals surface area contributed by atoms with Crippen LogP contribution in [0, 0.1) is 0 Å². The maximum atomic E-state index is 11.9. The van der Waals surface area contributed by atoms with Crippen molar-refractivity contribution in [3.63, 3.8) is 0 Å². The number of anilines is 2. The molecule has 5 rings (SSSR count). The molecule has 1 saturated heterocycles. The van der Waals surface area contributed by atoms with E-state index < -0.39 is 0 Å². The number of fused-ring (bicyclic) bond motifs is 2. The number of amides is 1. The van der Waals surface area contributed by atoms with Gasteiger partial charge in [0.2, 0.25) is 5.91 Å². The number of nitrogens with one attached hydrogen (secondary N) is 1. The molecule has 2 aromatic carbocycles. The third kappa shape index (κ3) is 4.22. The van der Waals surface area contributed by atoms with Crippen molar-refractivity contribution in [3.05, 3.63) is 67.6 Å². The molecule has 8 heteroatoms. The van der Waals surface area contributed by atoms with Crippen LogP contribution in [0.15, 0.2) is 67.6 Å². The molecule has 0 unspecified atom stereocenters. The highest BCUT2D eigenvalue weighted by Crippen LogP contribution is 2.36. The van der Waals surface area contributed by atoms with Crippen LogP contribution in [0.5, 0.6) is 11.5 Å². The van der Waals surface area contributed by atoms with Crippen LogP contribution in [0.4, 0.5) is 11.6 Å². The number of pyridine rings is 1. The second kappa shape index (κ2) is 9.35. The molecular formula is C26H25N5O3. The molecule has 1 aliphatic heterocycles. The Hall–Kier alpha value is -4.20. The maximum absolute atomic E-state index is 11.9. The number of aromatic nitrogens is 3. The second-order valence-electron chi connectivity index (χ2n) is 8.09. The minimum atomic E-state index is -0.0448. The van der Waals surface area contributed by atoms with Crippen LogP contribution in [-0.4, -0.2) is 52.1 Å². The smallest absolute Gasteiger partial charge is 0.245 e. The Morgan fingerprint density at radius 3 is 2.65 bits per heavy atom. The van der Waals surface area contributed by atoms with Crippen molar-refractivity contribution < 1.29 is 14.3 Å². The van der Waals surface area contributed by atoms with E-state index in [1.807, 2.05) is 42.5 Å². The number of ether oxygens (including phenoxy) is 2. The van der Waals surface area contributed by atoms with Crippen molar-refractivity contribution in [1.29, 1.82) is 0 Å². The van der Waals surface area contributed by atoms with Crippen molar-refractivity contribution in [3.8, 4) is 11.5 Å². The van der Waals surface area contributed by atoms with Gasteiger partial charge in [-0.05, 0) is 23.6 Å². The summed E-state index contributed by atoms with van der Waals surface area (Å²) in [7, 11) is 1.61. The predicted octanol–water partition coefficient (Wildman–Crippen LogP) is 4.49. The van der Waals surface area contributed by atoms with Crippen LogP contribution in [0.1, 0.15) is 12.8 Å². The Labute approximate surface area is 197 Å². The fraction of sp³-hybridized carbons (Fsp3) is 0.231. The molecule has 0 spiro atoms. The fourth-order valence-electron chi connectivity index (χ4n) is 4.25. The summed E-state index contributed by atoms with van der Waals surface area (Å²) in [5.41, 5.74) is 0.730. The molecule has 4 aromatic rings. The lowest BCUT2D eigenvalue weighted by atomic mass is 10.1. The van der Waals surface area contributed by atoms with E-state index in [0.29, 0.717) is 30.4 Å². The number of nitrogens with zero attached hydrogens (tertiary/aromatic N) is 4. The number of methoxy groups -OCH3 is 1. The van der Waals surface area contributed by atoms with Gasteiger partial charge in [-0.15, -0.1) is 0 Å². The van der Waals surface area contributed by atoms with Gasteiger partial charge in [-0.25, -0.2) is 15.0 Å². The van der Waals surface area contributed by atoms with Gasteiger partial charge in [0, 0.05) is 49.0 Å². The molecule has 0 radical (unpaired) electrons. The molecule has 3 heterocycles. The molecule has 0 bridgehead atoms. The highest BCUT2D eigenvalue weighted by Gasteiger charge is 2.24. The average Bonchev–Trinajstić information content (AvgIpc) is 2.89. The first kappa shape index (κ1) is 21.6. The van der Waals surface area contributed by atoms with Gasteiger partial charge in [0.1, 0.15) is 24.1 Å². The first-order valence-electron chi connectivity index (χ1n) is 11.2. The zero-order valence-electron chi connectivity index (χ0n) is 18.9. The summed E-state index contributed by atoms with van der Waals surface area (Å²) in [5.74, 6) is 2.53. The standard InChI is InChI=1S/C26H25N5O3/c1-3-24(32)31-12-9-18(10-13-31)34-23-14-20-21(15-22(23)33-2)28-16-29-26(20)30-25-19-7-5-4-6-17(19)8-11-27-25/h3-8,11,14-16,18H,1,9-10,12-13H2,2H3,(H,27,28,29,30). The van der Waals surface area contributed by atoms with Crippen LogP contribution >= 0.6 is 0 Å². The van der Waals surface area contributed by atoms with Crippen LogP contribution in [0.3, 0.4) is 0 Å². The number of hydrogen-bond donors (Lipinski definition) is 1. The first-order chi connectivity index (χ1) is 16.7. The minimum absolute atomic E-state index is 0.0269. The molecule has 0 atom stereocenters. The van der Waals surface area contributed by atoms with Crippen LogP contribution in [0.25, 0.3) is 21.7 Å². The van der Waals surface area contributed by atoms with Gasteiger partial charge < -0.3 is 19.7 Å². The Balaban J connectivity index is 1.45. The Kier molecular flexibility index (Phi) is 5.95. The second-order valence-corrected chi connectivity index (χ2v) is 8.09. The van der Waals surface area contributed by atoms with Crippen LogP contribution in [-0.2, 0) is 4.79 Å². The molecule has 8 nitrogen and oxygen atoms in total. The van der Waals surface area contributed by atoms with E-state index in [-0.39, 0.29) is 12.0 Å². The lowest BCUT2D eigenvalue weighted by molar-refractivity contribution is -0.127. The van der Waals surface area contributed by atoms with Gasteiger partial charge in [-0.1, -0.05) is 30.8 Å². The SMILES string of the molecule is C=CC(=O)N1CCC(Oc2cc3c(Nc4nccc5ccccc45)ncnc3cc2OC)CC1. The number of likely N-dealkylation sites (tertiary alicyclic amines) is 1. The molecule has 0 saturated carbocycles. The summed E-state index contributed by atoms with van der Waals surface area (Å²) in [4.78, 5) is 27.1. The average molecular weight is 456 g/mol. The number of rotatable bonds is 6.